The Kier molecular flexibility index (Phi) is 6.09. The van der Waals surface area contributed by atoms with E-state index in [0.717, 1.165) is 42.5 Å². The maximum absolute atomic E-state index is 12.0. The van der Waals surface area contributed by atoms with E-state index in [9.17, 15) is 4.79 Å². The van der Waals surface area contributed by atoms with Gasteiger partial charge in [-0.2, -0.15) is 0 Å². The number of aryl methyl sites for hydroxylation is 1. The highest BCUT2D eigenvalue weighted by Gasteiger charge is 2.17. The largest absolute Gasteiger partial charge is 0.376 e. The number of carbonyl (C=O) groups excluding carboxylic acids is 1. The summed E-state index contributed by atoms with van der Waals surface area (Å²) in [4.78, 5) is 12.0. The molecule has 1 aliphatic rings. The van der Waals surface area contributed by atoms with E-state index in [2.05, 4.69) is 41.5 Å². The summed E-state index contributed by atoms with van der Waals surface area (Å²) in [5, 5.41) is 12.3. The molecule has 0 saturated carbocycles. The predicted molar refractivity (Wildman–Crippen MR) is 98.6 cm³/mol. The summed E-state index contributed by atoms with van der Waals surface area (Å²) in [5.74, 6) is 1.18. The summed E-state index contributed by atoms with van der Waals surface area (Å²) in [6.07, 6.45) is 2.27. The third kappa shape index (κ3) is 4.61. The number of nitrogens with one attached hydrogen (secondary N) is 1. The van der Waals surface area contributed by atoms with Gasteiger partial charge in [0.05, 0.1) is 11.9 Å². The molecule has 1 N–H and O–H groups in total. The topological polar surface area (TPSA) is 69.0 Å². The summed E-state index contributed by atoms with van der Waals surface area (Å²) in [5.41, 5.74) is 2.23. The molecule has 25 heavy (non-hydrogen) atoms. The SMILES string of the molecule is CCn1c(SCC(=O)NCC2CCCO2)nnc1-c1cccc(C)c1. The Morgan fingerprint density at radius 1 is 1.44 bits per heavy atom. The van der Waals surface area contributed by atoms with Gasteiger partial charge in [0.15, 0.2) is 11.0 Å². The van der Waals surface area contributed by atoms with E-state index in [1.54, 1.807) is 0 Å². The van der Waals surface area contributed by atoms with Crippen LogP contribution in [0.3, 0.4) is 0 Å². The lowest BCUT2D eigenvalue weighted by Gasteiger charge is -2.11. The maximum atomic E-state index is 12.0. The van der Waals surface area contributed by atoms with E-state index >= 15 is 0 Å². The lowest BCUT2D eigenvalue weighted by Crippen LogP contribution is -2.32. The summed E-state index contributed by atoms with van der Waals surface area (Å²) >= 11 is 1.42. The standard InChI is InChI=1S/C18H24N4O2S/c1-3-22-17(14-7-4-6-13(2)10-14)20-21-18(22)25-12-16(23)19-11-15-8-5-9-24-15/h4,6-7,10,15H,3,5,8-9,11-12H2,1-2H3,(H,19,23). The van der Waals surface area contributed by atoms with Crippen molar-refractivity contribution < 1.29 is 9.53 Å². The van der Waals surface area contributed by atoms with Crippen LogP contribution in [0.4, 0.5) is 0 Å². The minimum Gasteiger partial charge on any atom is -0.376 e. The van der Waals surface area contributed by atoms with E-state index in [4.69, 9.17) is 4.74 Å². The summed E-state index contributed by atoms with van der Waals surface area (Å²) in [7, 11) is 0. The highest BCUT2D eigenvalue weighted by Crippen LogP contribution is 2.24. The maximum Gasteiger partial charge on any atom is 0.230 e. The van der Waals surface area contributed by atoms with E-state index in [0.29, 0.717) is 12.3 Å². The molecular weight excluding hydrogens is 336 g/mol. The molecule has 1 amide bonds. The quantitative estimate of drug-likeness (QED) is 0.769. The van der Waals surface area contributed by atoms with Crippen LogP contribution >= 0.6 is 11.8 Å². The Bertz CT molecular complexity index is 726. The third-order valence-corrected chi connectivity index (χ3v) is 5.16. The molecule has 1 fully saturated rings. The summed E-state index contributed by atoms with van der Waals surface area (Å²) in [6, 6.07) is 8.21. The van der Waals surface area contributed by atoms with Crippen LogP contribution in [-0.2, 0) is 16.1 Å². The Hall–Kier alpha value is -1.86. The van der Waals surface area contributed by atoms with Crippen molar-refractivity contribution in [2.45, 2.75) is 44.5 Å². The molecule has 0 spiro atoms. The molecule has 3 rings (SSSR count). The number of hydrogen-bond donors (Lipinski definition) is 1. The molecule has 0 radical (unpaired) electrons. The summed E-state index contributed by atoms with van der Waals surface area (Å²) < 4.78 is 7.57. The number of benzene rings is 1. The third-order valence-electron chi connectivity index (χ3n) is 4.19. The zero-order valence-corrected chi connectivity index (χ0v) is 15.5. The van der Waals surface area contributed by atoms with Gasteiger partial charge in [0.2, 0.25) is 5.91 Å². The van der Waals surface area contributed by atoms with Gasteiger partial charge in [-0.1, -0.05) is 35.5 Å². The van der Waals surface area contributed by atoms with Crippen molar-refractivity contribution in [2.75, 3.05) is 18.9 Å². The molecule has 0 bridgehead atoms. The molecule has 0 aliphatic carbocycles. The molecule has 1 aromatic carbocycles. The number of aromatic nitrogens is 3. The zero-order valence-electron chi connectivity index (χ0n) is 14.7. The number of ether oxygens (including phenoxy) is 1. The van der Waals surface area contributed by atoms with Crippen molar-refractivity contribution in [3.63, 3.8) is 0 Å². The van der Waals surface area contributed by atoms with Crippen molar-refractivity contribution >= 4 is 17.7 Å². The van der Waals surface area contributed by atoms with Gasteiger partial charge in [-0.25, -0.2) is 0 Å². The minimum atomic E-state index is 0.00302. The highest BCUT2D eigenvalue weighted by molar-refractivity contribution is 7.99. The van der Waals surface area contributed by atoms with Crippen LogP contribution in [0.25, 0.3) is 11.4 Å². The van der Waals surface area contributed by atoms with E-state index in [1.807, 2.05) is 16.7 Å². The first-order valence-corrected chi connectivity index (χ1v) is 9.67. The van der Waals surface area contributed by atoms with Gasteiger partial charge in [0, 0.05) is 25.3 Å². The van der Waals surface area contributed by atoms with Crippen LogP contribution in [0.2, 0.25) is 0 Å². The van der Waals surface area contributed by atoms with Crippen molar-refractivity contribution in [1.82, 2.24) is 20.1 Å². The van der Waals surface area contributed by atoms with Gasteiger partial charge in [-0.3, -0.25) is 4.79 Å². The van der Waals surface area contributed by atoms with E-state index in [1.165, 1.54) is 17.3 Å². The second kappa shape index (κ2) is 8.49. The fourth-order valence-electron chi connectivity index (χ4n) is 2.89. The van der Waals surface area contributed by atoms with Crippen LogP contribution < -0.4 is 5.32 Å². The fourth-order valence-corrected chi connectivity index (χ4v) is 3.72. The first-order valence-electron chi connectivity index (χ1n) is 8.68. The molecule has 1 aromatic heterocycles. The molecule has 2 aromatic rings. The second-order valence-corrected chi connectivity index (χ2v) is 7.09. The number of carbonyl (C=O) groups is 1. The summed E-state index contributed by atoms with van der Waals surface area (Å²) in [6.45, 7) is 6.27. The molecule has 2 heterocycles. The molecule has 1 aliphatic heterocycles. The first kappa shape index (κ1) is 17.9. The van der Waals surface area contributed by atoms with Crippen molar-refractivity contribution in [3.8, 4) is 11.4 Å². The van der Waals surface area contributed by atoms with Crippen molar-refractivity contribution in [1.29, 1.82) is 0 Å². The molecule has 1 atom stereocenters. The van der Waals surface area contributed by atoms with Gasteiger partial charge >= 0.3 is 0 Å². The normalized spacial score (nSPS) is 17.0. The smallest absolute Gasteiger partial charge is 0.230 e. The van der Waals surface area contributed by atoms with Crippen LogP contribution in [0.5, 0.6) is 0 Å². The van der Waals surface area contributed by atoms with Gasteiger partial charge in [0.25, 0.3) is 0 Å². The fraction of sp³-hybridized carbons (Fsp3) is 0.500. The van der Waals surface area contributed by atoms with Crippen LogP contribution in [0, 0.1) is 6.92 Å². The van der Waals surface area contributed by atoms with Crippen LogP contribution in [-0.4, -0.2) is 45.7 Å². The molecule has 134 valence electrons. The average molecular weight is 360 g/mol. The monoisotopic (exact) mass is 360 g/mol. The van der Waals surface area contributed by atoms with Gasteiger partial charge in [-0.15, -0.1) is 10.2 Å². The van der Waals surface area contributed by atoms with Crippen molar-refractivity contribution in [2.24, 2.45) is 0 Å². The number of hydrogen-bond acceptors (Lipinski definition) is 5. The molecule has 7 heteroatoms. The van der Waals surface area contributed by atoms with Crippen molar-refractivity contribution in [3.05, 3.63) is 29.8 Å². The highest BCUT2D eigenvalue weighted by atomic mass is 32.2. The Morgan fingerprint density at radius 3 is 3.04 bits per heavy atom. The minimum absolute atomic E-state index is 0.00302. The number of thioether (sulfide) groups is 1. The Labute approximate surface area is 152 Å². The Morgan fingerprint density at radius 2 is 2.32 bits per heavy atom. The number of nitrogens with zero attached hydrogens (tertiary/aromatic N) is 3. The zero-order chi connectivity index (χ0) is 17.6. The van der Waals surface area contributed by atoms with Gasteiger partial charge in [-0.05, 0) is 32.8 Å². The first-order chi connectivity index (χ1) is 12.2. The van der Waals surface area contributed by atoms with Gasteiger partial charge in [0.1, 0.15) is 0 Å². The lowest BCUT2D eigenvalue weighted by atomic mass is 10.1. The van der Waals surface area contributed by atoms with Crippen LogP contribution in [0.1, 0.15) is 25.3 Å². The van der Waals surface area contributed by atoms with E-state index < -0.39 is 0 Å². The molecule has 1 unspecified atom stereocenters. The predicted octanol–water partition coefficient (Wildman–Crippen LogP) is 2.66. The molecular formula is C18H24N4O2S. The average Bonchev–Trinajstić information content (AvgIpc) is 3.27. The second-order valence-electron chi connectivity index (χ2n) is 6.15. The van der Waals surface area contributed by atoms with E-state index in [-0.39, 0.29) is 12.0 Å². The molecule has 6 nitrogen and oxygen atoms in total. The number of rotatable bonds is 7. The molecule has 1 saturated heterocycles. The number of amides is 1. The Balaban J connectivity index is 1.60. The lowest BCUT2D eigenvalue weighted by molar-refractivity contribution is -0.119. The van der Waals surface area contributed by atoms with Gasteiger partial charge < -0.3 is 14.6 Å². The van der Waals surface area contributed by atoms with Crippen LogP contribution in [0.15, 0.2) is 29.4 Å².